The summed E-state index contributed by atoms with van der Waals surface area (Å²) in [7, 11) is 0. The van der Waals surface area contributed by atoms with Gasteiger partial charge in [0, 0.05) is 11.1 Å². The van der Waals surface area contributed by atoms with Crippen LogP contribution in [-0.4, -0.2) is 21.7 Å². The van der Waals surface area contributed by atoms with Gasteiger partial charge in [0.25, 0.3) is 5.91 Å². The number of aromatic nitrogens is 2. The number of hydrogen-bond donors (Lipinski definition) is 1. The minimum atomic E-state index is -0.0681. The Bertz CT molecular complexity index is 704. The van der Waals surface area contributed by atoms with Gasteiger partial charge < -0.3 is 5.32 Å². The highest BCUT2D eigenvalue weighted by Crippen LogP contribution is 2.22. The second-order valence-electron chi connectivity index (χ2n) is 6.52. The van der Waals surface area contributed by atoms with E-state index in [-0.39, 0.29) is 11.9 Å². The monoisotopic (exact) mass is 333 g/mol. The number of nitrogens with zero attached hydrogens (tertiary/aromatic N) is 2. The van der Waals surface area contributed by atoms with E-state index < -0.39 is 0 Å². The zero-order valence-electron chi connectivity index (χ0n) is 14.4. The zero-order valence-corrected chi connectivity index (χ0v) is 15.1. The Morgan fingerprint density at radius 2 is 2.00 bits per heavy atom. The molecule has 0 saturated heterocycles. The van der Waals surface area contributed by atoms with Gasteiger partial charge in [-0.15, -0.1) is 0 Å². The van der Waals surface area contributed by atoms with Crippen LogP contribution in [0.5, 0.6) is 0 Å². The molecular formula is C18H24ClN3O. The van der Waals surface area contributed by atoms with Gasteiger partial charge in [-0.25, -0.2) is 4.68 Å². The Labute approximate surface area is 142 Å². The molecule has 0 aliphatic carbocycles. The Morgan fingerprint density at radius 3 is 2.57 bits per heavy atom. The standard InChI is InChI=1S/C18H24ClN3O/c1-11(2)9-16-17(18(23)20-12(3)4)13(5)22(21-16)15-8-6-7-14(19)10-15/h6-8,10-12H,9H2,1-5H3,(H,20,23). The van der Waals surface area contributed by atoms with Gasteiger partial charge in [-0.1, -0.05) is 31.5 Å². The van der Waals surface area contributed by atoms with Gasteiger partial charge in [0.15, 0.2) is 0 Å². The summed E-state index contributed by atoms with van der Waals surface area (Å²) in [6.07, 6.45) is 0.759. The van der Waals surface area contributed by atoms with Crippen molar-refractivity contribution in [3.05, 3.63) is 46.2 Å². The fraction of sp³-hybridized carbons (Fsp3) is 0.444. The molecule has 0 bridgehead atoms. The Balaban J connectivity index is 2.53. The third-order valence-corrected chi connectivity index (χ3v) is 3.73. The summed E-state index contributed by atoms with van der Waals surface area (Å²) >= 11 is 6.09. The molecule has 0 aliphatic heterocycles. The molecule has 4 nitrogen and oxygen atoms in total. The highest BCUT2D eigenvalue weighted by molar-refractivity contribution is 6.30. The molecule has 2 rings (SSSR count). The van der Waals surface area contributed by atoms with Crippen LogP contribution in [0.25, 0.3) is 5.69 Å². The summed E-state index contributed by atoms with van der Waals surface area (Å²) < 4.78 is 1.80. The SMILES string of the molecule is Cc1c(C(=O)NC(C)C)c(CC(C)C)nn1-c1cccc(Cl)c1. The number of amides is 1. The molecule has 1 aromatic carbocycles. The molecule has 1 heterocycles. The molecule has 1 aromatic heterocycles. The molecule has 0 saturated carbocycles. The van der Waals surface area contributed by atoms with Crippen molar-refractivity contribution in [1.29, 1.82) is 0 Å². The number of benzene rings is 1. The van der Waals surface area contributed by atoms with Crippen molar-refractivity contribution in [2.45, 2.75) is 47.1 Å². The molecule has 1 N–H and O–H groups in total. The maximum absolute atomic E-state index is 12.6. The van der Waals surface area contributed by atoms with Crippen LogP contribution in [0.2, 0.25) is 5.02 Å². The molecule has 23 heavy (non-hydrogen) atoms. The van der Waals surface area contributed by atoms with Crippen LogP contribution in [-0.2, 0) is 6.42 Å². The van der Waals surface area contributed by atoms with Crippen molar-refractivity contribution < 1.29 is 4.79 Å². The number of carbonyl (C=O) groups is 1. The quantitative estimate of drug-likeness (QED) is 0.892. The van der Waals surface area contributed by atoms with E-state index in [4.69, 9.17) is 11.6 Å². The Morgan fingerprint density at radius 1 is 1.30 bits per heavy atom. The van der Waals surface area contributed by atoms with Gasteiger partial charge in [-0.2, -0.15) is 5.10 Å². The number of nitrogens with one attached hydrogen (secondary N) is 1. The van der Waals surface area contributed by atoms with Crippen molar-refractivity contribution in [3.63, 3.8) is 0 Å². The molecule has 0 radical (unpaired) electrons. The van der Waals surface area contributed by atoms with Crippen LogP contribution >= 0.6 is 11.6 Å². The van der Waals surface area contributed by atoms with E-state index >= 15 is 0 Å². The van der Waals surface area contributed by atoms with Gasteiger partial charge in [0.05, 0.1) is 22.6 Å². The van der Waals surface area contributed by atoms with E-state index in [0.29, 0.717) is 16.5 Å². The Hall–Kier alpha value is -1.81. The van der Waals surface area contributed by atoms with E-state index in [2.05, 4.69) is 24.3 Å². The molecule has 0 atom stereocenters. The predicted molar refractivity (Wildman–Crippen MR) is 94.5 cm³/mol. The highest BCUT2D eigenvalue weighted by Gasteiger charge is 2.22. The average molecular weight is 334 g/mol. The van der Waals surface area contributed by atoms with Crippen molar-refractivity contribution in [2.75, 3.05) is 0 Å². The first-order valence-corrected chi connectivity index (χ1v) is 8.32. The first kappa shape index (κ1) is 17.5. The van der Waals surface area contributed by atoms with Crippen molar-refractivity contribution in [2.24, 2.45) is 5.92 Å². The van der Waals surface area contributed by atoms with E-state index in [0.717, 1.165) is 23.5 Å². The lowest BCUT2D eigenvalue weighted by Crippen LogP contribution is -2.31. The van der Waals surface area contributed by atoms with Crippen molar-refractivity contribution >= 4 is 17.5 Å². The smallest absolute Gasteiger partial charge is 0.255 e. The number of carbonyl (C=O) groups excluding carboxylic acids is 1. The third-order valence-electron chi connectivity index (χ3n) is 3.49. The minimum absolute atomic E-state index is 0.0681. The molecule has 124 valence electrons. The molecule has 2 aromatic rings. The van der Waals surface area contributed by atoms with Gasteiger partial charge in [-0.05, 0) is 51.3 Å². The van der Waals surface area contributed by atoms with Crippen LogP contribution in [0, 0.1) is 12.8 Å². The van der Waals surface area contributed by atoms with Gasteiger partial charge in [-0.3, -0.25) is 4.79 Å². The normalized spacial score (nSPS) is 11.3. The summed E-state index contributed by atoms with van der Waals surface area (Å²) in [5.41, 5.74) is 3.20. The van der Waals surface area contributed by atoms with E-state index in [9.17, 15) is 4.79 Å². The second-order valence-corrected chi connectivity index (χ2v) is 6.96. The Kier molecular flexibility index (Phi) is 5.47. The minimum Gasteiger partial charge on any atom is -0.350 e. The summed E-state index contributed by atoms with van der Waals surface area (Å²) in [6, 6.07) is 7.59. The van der Waals surface area contributed by atoms with E-state index in [1.54, 1.807) is 4.68 Å². The van der Waals surface area contributed by atoms with E-state index in [1.165, 1.54) is 0 Å². The maximum Gasteiger partial charge on any atom is 0.255 e. The molecule has 1 amide bonds. The molecular weight excluding hydrogens is 310 g/mol. The third kappa shape index (κ3) is 4.14. The van der Waals surface area contributed by atoms with Crippen LogP contribution in [0.4, 0.5) is 0 Å². The fourth-order valence-electron chi connectivity index (χ4n) is 2.58. The van der Waals surface area contributed by atoms with E-state index in [1.807, 2.05) is 45.0 Å². The lowest BCUT2D eigenvalue weighted by atomic mass is 10.0. The summed E-state index contributed by atoms with van der Waals surface area (Å²) in [5, 5.41) is 8.31. The fourth-order valence-corrected chi connectivity index (χ4v) is 2.76. The lowest BCUT2D eigenvalue weighted by molar-refractivity contribution is 0.0941. The topological polar surface area (TPSA) is 46.9 Å². The summed E-state index contributed by atoms with van der Waals surface area (Å²) in [4.78, 5) is 12.6. The molecule has 0 spiro atoms. The number of rotatable bonds is 5. The highest BCUT2D eigenvalue weighted by atomic mass is 35.5. The first-order valence-electron chi connectivity index (χ1n) is 7.95. The van der Waals surface area contributed by atoms with Crippen LogP contribution in [0.3, 0.4) is 0 Å². The van der Waals surface area contributed by atoms with Gasteiger partial charge in [0.2, 0.25) is 0 Å². The maximum atomic E-state index is 12.6. The molecule has 0 unspecified atom stereocenters. The average Bonchev–Trinajstić information content (AvgIpc) is 2.74. The van der Waals surface area contributed by atoms with Crippen molar-refractivity contribution in [1.82, 2.24) is 15.1 Å². The van der Waals surface area contributed by atoms with Gasteiger partial charge >= 0.3 is 0 Å². The number of hydrogen-bond acceptors (Lipinski definition) is 2. The van der Waals surface area contributed by atoms with Crippen LogP contribution < -0.4 is 5.32 Å². The lowest BCUT2D eigenvalue weighted by Gasteiger charge is -2.10. The van der Waals surface area contributed by atoms with Crippen LogP contribution in [0.15, 0.2) is 24.3 Å². The second kappa shape index (κ2) is 7.18. The summed E-state index contributed by atoms with van der Waals surface area (Å²) in [6.45, 7) is 10.1. The predicted octanol–water partition coefficient (Wildman–Crippen LogP) is 4.17. The van der Waals surface area contributed by atoms with Crippen molar-refractivity contribution in [3.8, 4) is 5.69 Å². The molecule has 5 heteroatoms. The van der Waals surface area contributed by atoms with Gasteiger partial charge in [0.1, 0.15) is 0 Å². The largest absolute Gasteiger partial charge is 0.350 e. The number of halogens is 1. The first-order chi connectivity index (χ1) is 10.8. The van der Waals surface area contributed by atoms with Crippen LogP contribution in [0.1, 0.15) is 49.4 Å². The molecule has 0 aliphatic rings. The summed E-state index contributed by atoms with van der Waals surface area (Å²) in [5.74, 6) is 0.351. The zero-order chi connectivity index (χ0) is 17.1. The molecule has 0 fully saturated rings.